The van der Waals surface area contributed by atoms with E-state index >= 15 is 0 Å². The molecule has 1 amide bonds. The minimum Gasteiger partial charge on any atom is -0.350 e. The highest BCUT2D eigenvalue weighted by Gasteiger charge is 2.07. The number of halogens is 2. The van der Waals surface area contributed by atoms with Crippen molar-refractivity contribution in [3.05, 3.63) is 45.9 Å². The maximum Gasteiger partial charge on any atom is 0.242 e. The Bertz CT molecular complexity index is 616. The molecule has 8 heteroatoms. The Morgan fingerprint density at radius 2 is 2.30 bits per heavy atom. The first-order valence-electron chi connectivity index (χ1n) is 5.88. The summed E-state index contributed by atoms with van der Waals surface area (Å²) in [6.07, 6.45) is 1.60. The monoisotopic (exact) mass is 341 g/mol. The second kappa shape index (κ2) is 6.58. The largest absolute Gasteiger partial charge is 0.350 e. The molecule has 0 fully saturated rings. The van der Waals surface area contributed by atoms with E-state index in [1.54, 1.807) is 18.3 Å². The minimum absolute atomic E-state index is 0.0165. The highest BCUT2D eigenvalue weighted by molar-refractivity contribution is 9.10. The maximum atomic E-state index is 13.5. The van der Waals surface area contributed by atoms with Crippen LogP contribution in [0.2, 0.25) is 0 Å². The molecule has 0 aliphatic heterocycles. The van der Waals surface area contributed by atoms with Gasteiger partial charge in [-0.1, -0.05) is 21.1 Å². The summed E-state index contributed by atoms with van der Waals surface area (Å²) in [7, 11) is 0. The van der Waals surface area contributed by atoms with Gasteiger partial charge in [0.05, 0.1) is 11.9 Å². The molecule has 0 atom stereocenters. The van der Waals surface area contributed by atoms with Crippen molar-refractivity contribution in [1.29, 1.82) is 0 Å². The molecule has 2 aromatic rings. The van der Waals surface area contributed by atoms with E-state index in [0.29, 0.717) is 11.3 Å². The summed E-state index contributed by atoms with van der Waals surface area (Å²) in [5.41, 5.74) is 6.42. The molecule has 3 N–H and O–H groups in total. The number of nitrogens with one attached hydrogen (secondary N) is 1. The van der Waals surface area contributed by atoms with Crippen LogP contribution >= 0.6 is 15.9 Å². The fraction of sp³-hybridized carbons (Fsp3) is 0.250. The second-order valence-electron chi connectivity index (χ2n) is 4.12. The van der Waals surface area contributed by atoms with E-state index in [2.05, 4.69) is 31.6 Å². The van der Waals surface area contributed by atoms with Gasteiger partial charge in [-0.25, -0.2) is 9.07 Å². The lowest BCUT2D eigenvalue weighted by atomic mass is 10.2. The number of hydrogen-bond donors (Lipinski definition) is 2. The molecule has 0 saturated carbocycles. The summed E-state index contributed by atoms with van der Waals surface area (Å²) in [5, 5.41) is 10.2. The molecule has 6 nitrogen and oxygen atoms in total. The molecule has 0 aliphatic carbocycles. The van der Waals surface area contributed by atoms with Crippen LogP contribution in [0.4, 0.5) is 4.39 Å². The van der Waals surface area contributed by atoms with Crippen LogP contribution in [0.15, 0.2) is 28.9 Å². The molecular weight excluding hydrogens is 329 g/mol. The Kier molecular flexibility index (Phi) is 4.80. The van der Waals surface area contributed by atoms with Crippen molar-refractivity contribution < 1.29 is 9.18 Å². The molecule has 0 unspecified atom stereocenters. The van der Waals surface area contributed by atoms with Gasteiger partial charge in [0.25, 0.3) is 0 Å². The van der Waals surface area contributed by atoms with Crippen LogP contribution in [0.3, 0.4) is 0 Å². The summed E-state index contributed by atoms with van der Waals surface area (Å²) in [4.78, 5) is 11.7. The van der Waals surface area contributed by atoms with E-state index in [1.165, 1.54) is 10.7 Å². The molecule has 106 valence electrons. The SMILES string of the molecule is NCc1cn(CC(=O)NCc2cc(Br)ccc2F)nn1. The quantitative estimate of drug-likeness (QED) is 0.847. The third-order valence-corrected chi connectivity index (χ3v) is 3.08. The molecule has 0 aliphatic rings. The number of rotatable bonds is 5. The van der Waals surface area contributed by atoms with Crippen LogP contribution in [0.5, 0.6) is 0 Å². The smallest absolute Gasteiger partial charge is 0.242 e. The van der Waals surface area contributed by atoms with Gasteiger partial charge in [-0.05, 0) is 18.2 Å². The molecule has 2 rings (SSSR count). The number of nitrogens with zero attached hydrogens (tertiary/aromatic N) is 3. The van der Waals surface area contributed by atoms with Crippen molar-refractivity contribution in [2.75, 3.05) is 0 Å². The lowest BCUT2D eigenvalue weighted by molar-refractivity contribution is -0.122. The average molecular weight is 342 g/mol. The fourth-order valence-corrected chi connectivity index (χ4v) is 1.99. The van der Waals surface area contributed by atoms with Crippen molar-refractivity contribution >= 4 is 21.8 Å². The molecular formula is C12H13BrFN5O. The van der Waals surface area contributed by atoms with Crippen LogP contribution in [0.25, 0.3) is 0 Å². The van der Waals surface area contributed by atoms with Gasteiger partial charge in [-0.2, -0.15) is 0 Å². The Labute approximate surface area is 123 Å². The summed E-state index contributed by atoms with van der Waals surface area (Å²) >= 11 is 3.25. The third kappa shape index (κ3) is 3.84. The lowest BCUT2D eigenvalue weighted by Gasteiger charge is -2.06. The number of carbonyl (C=O) groups excluding carboxylic acids is 1. The highest BCUT2D eigenvalue weighted by atomic mass is 79.9. The maximum absolute atomic E-state index is 13.5. The number of benzene rings is 1. The first kappa shape index (κ1) is 14.6. The van der Waals surface area contributed by atoms with Crippen molar-refractivity contribution in [1.82, 2.24) is 20.3 Å². The highest BCUT2D eigenvalue weighted by Crippen LogP contribution is 2.15. The van der Waals surface area contributed by atoms with Gasteiger partial charge in [-0.15, -0.1) is 5.10 Å². The van der Waals surface area contributed by atoms with Crippen molar-refractivity contribution in [3.63, 3.8) is 0 Å². The van der Waals surface area contributed by atoms with Gasteiger partial charge < -0.3 is 11.1 Å². The summed E-state index contributed by atoms with van der Waals surface area (Å²) < 4.78 is 15.6. The second-order valence-corrected chi connectivity index (χ2v) is 5.04. The van der Waals surface area contributed by atoms with E-state index < -0.39 is 0 Å². The molecule has 1 aromatic heterocycles. The fourth-order valence-electron chi connectivity index (χ4n) is 1.58. The van der Waals surface area contributed by atoms with Gasteiger partial charge >= 0.3 is 0 Å². The van der Waals surface area contributed by atoms with E-state index in [9.17, 15) is 9.18 Å². The topological polar surface area (TPSA) is 85.8 Å². The minimum atomic E-state index is -0.361. The Hall–Kier alpha value is -1.80. The van der Waals surface area contributed by atoms with E-state index in [-0.39, 0.29) is 31.4 Å². The van der Waals surface area contributed by atoms with Crippen LogP contribution in [-0.2, 0) is 24.4 Å². The van der Waals surface area contributed by atoms with Crippen LogP contribution < -0.4 is 11.1 Å². The van der Waals surface area contributed by atoms with E-state index in [4.69, 9.17) is 5.73 Å². The van der Waals surface area contributed by atoms with Crippen LogP contribution in [0.1, 0.15) is 11.3 Å². The van der Waals surface area contributed by atoms with Crippen molar-refractivity contribution in [2.45, 2.75) is 19.6 Å². The number of nitrogens with two attached hydrogens (primary N) is 1. The standard InChI is InChI=1S/C12H13BrFN5O/c13-9-1-2-11(14)8(3-9)5-16-12(20)7-19-6-10(4-15)17-18-19/h1-3,6H,4-5,7,15H2,(H,16,20). The predicted octanol–water partition coefficient (Wildman–Crippen LogP) is 0.955. The van der Waals surface area contributed by atoms with Crippen molar-refractivity contribution in [3.8, 4) is 0 Å². The van der Waals surface area contributed by atoms with E-state index in [0.717, 1.165) is 4.47 Å². The number of amides is 1. The Balaban J connectivity index is 1.90. The third-order valence-electron chi connectivity index (χ3n) is 2.58. The Morgan fingerprint density at radius 1 is 1.50 bits per heavy atom. The Morgan fingerprint density at radius 3 is 3.00 bits per heavy atom. The zero-order valence-corrected chi connectivity index (χ0v) is 12.1. The number of hydrogen-bond acceptors (Lipinski definition) is 4. The molecule has 0 saturated heterocycles. The number of aromatic nitrogens is 3. The van der Waals surface area contributed by atoms with Gasteiger partial charge in [0.15, 0.2) is 0 Å². The zero-order valence-electron chi connectivity index (χ0n) is 10.5. The van der Waals surface area contributed by atoms with E-state index in [1.807, 2.05) is 0 Å². The van der Waals surface area contributed by atoms with Gasteiger partial charge in [0.1, 0.15) is 12.4 Å². The average Bonchev–Trinajstić information content (AvgIpc) is 2.87. The molecule has 0 spiro atoms. The van der Waals surface area contributed by atoms with Gasteiger partial charge in [-0.3, -0.25) is 4.79 Å². The molecule has 0 radical (unpaired) electrons. The van der Waals surface area contributed by atoms with Crippen LogP contribution in [0, 0.1) is 5.82 Å². The van der Waals surface area contributed by atoms with Crippen molar-refractivity contribution in [2.24, 2.45) is 5.73 Å². The lowest BCUT2D eigenvalue weighted by Crippen LogP contribution is -2.27. The van der Waals surface area contributed by atoms with Gasteiger partial charge in [0.2, 0.25) is 5.91 Å². The zero-order chi connectivity index (χ0) is 14.5. The summed E-state index contributed by atoms with van der Waals surface area (Å²) in [6, 6.07) is 4.57. The molecule has 1 aromatic carbocycles. The molecule has 20 heavy (non-hydrogen) atoms. The van der Waals surface area contributed by atoms with Crippen LogP contribution in [-0.4, -0.2) is 20.9 Å². The van der Waals surface area contributed by atoms with Gasteiger partial charge in [0, 0.05) is 23.1 Å². The predicted molar refractivity (Wildman–Crippen MR) is 73.9 cm³/mol. The molecule has 1 heterocycles. The summed E-state index contributed by atoms with van der Waals surface area (Å²) in [5.74, 6) is -0.641. The molecule has 0 bridgehead atoms. The normalized spacial score (nSPS) is 10.6. The summed E-state index contributed by atoms with van der Waals surface area (Å²) in [6.45, 7) is 0.399. The first-order chi connectivity index (χ1) is 9.58. The number of carbonyl (C=O) groups is 1. The first-order valence-corrected chi connectivity index (χ1v) is 6.67.